The van der Waals surface area contributed by atoms with Gasteiger partial charge in [-0.3, -0.25) is 4.79 Å². The quantitative estimate of drug-likeness (QED) is 0.855. The third-order valence-corrected chi connectivity index (χ3v) is 4.73. The molecule has 0 radical (unpaired) electrons. The lowest BCUT2D eigenvalue weighted by molar-refractivity contribution is -0.197. The van der Waals surface area contributed by atoms with Gasteiger partial charge >= 0.3 is 6.18 Å². The highest BCUT2D eigenvalue weighted by Crippen LogP contribution is 2.42. The molecular formula is C19H20F3N3O. The second kappa shape index (κ2) is 7.43. The summed E-state index contributed by atoms with van der Waals surface area (Å²) in [4.78, 5) is 20.9. The first-order chi connectivity index (χ1) is 12.3. The number of hydrogen-bond donors (Lipinski definition) is 1. The fourth-order valence-corrected chi connectivity index (χ4v) is 3.44. The largest absolute Gasteiger partial charge is 0.392 e. The first-order valence-electron chi connectivity index (χ1n) is 8.62. The average molecular weight is 363 g/mol. The first kappa shape index (κ1) is 18.4. The average Bonchev–Trinajstić information content (AvgIpc) is 2.61. The monoisotopic (exact) mass is 363 g/mol. The van der Waals surface area contributed by atoms with E-state index in [1.54, 1.807) is 37.4 Å². The SMILES string of the molecule is Cc1nccc(-c2cccc(NC(=O)[C@@H]3CCCC[C@H]3C(F)(F)F)c2)n1. The number of carbonyl (C=O) groups is 1. The third-order valence-electron chi connectivity index (χ3n) is 4.73. The van der Waals surface area contributed by atoms with E-state index in [0.29, 0.717) is 30.0 Å². The van der Waals surface area contributed by atoms with Gasteiger partial charge in [-0.05, 0) is 38.0 Å². The van der Waals surface area contributed by atoms with Crippen molar-refractivity contribution in [2.24, 2.45) is 11.8 Å². The van der Waals surface area contributed by atoms with Crippen LogP contribution in [0.5, 0.6) is 0 Å². The number of anilines is 1. The summed E-state index contributed by atoms with van der Waals surface area (Å²) in [5.41, 5.74) is 1.93. The summed E-state index contributed by atoms with van der Waals surface area (Å²) in [5, 5.41) is 2.66. The molecular weight excluding hydrogens is 343 g/mol. The van der Waals surface area contributed by atoms with Crippen LogP contribution in [0.4, 0.5) is 18.9 Å². The Morgan fingerprint density at radius 3 is 2.69 bits per heavy atom. The highest BCUT2D eigenvalue weighted by Gasteiger charge is 2.48. The van der Waals surface area contributed by atoms with Crippen LogP contribution in [0.15, 0.2) is 36.5 Å². The number of nitrogens with zero attached hydrogens (tertiary/aromatic N) is 2. The van der Waals surface area contributed by atoms with Crippen LogP contribution in [0, 0.1) is 18.8 Å². The predicted octanol–water partition coefficient (Wildman–Crippen LogP) is 4.76. The smallest absolute Gasteiger partial charge is 0.326 e. The minimum Gasteiger partial charge on any atom is -0.326 e. The number of alkyl halides is 3. The molecule has 0 unspecified atom stereocenters. The second-order valence-electron chi connectivity index (χ2n) is 6.60. The summed E-state index contributed by atoms with van der Waals surface area (Å²) < 4.78 is 39.7. The molecule has 1 amide bonds. The van der Waals surface area contributed by atoms with E-state index in [9.17, 15) is 18.0 Å². The zero-order chi connectivity index (χ0) is 18.7. The summed E-state index contributed by atoms with van der Waals surface area (Å²) in [7, 11) is 0. The fourth-order valence-electron chi connectivity index (χ4n) is 3.44. The lowest BCUT2D eigenvalue weighted by Crippen LogP contribution is -2.39. The van der Waals surface area contributed by atoms with Crippen molar-refractivity contribution in [3.05, 3.63) is 42.4 Å². The van der Waals surface area contributed by atoms with E-state index >= 15 is 0 Å². The Hall–Kier alpha value is -2.44. The van der Waals surface area contributed by atoms with Crippen molar-refractivity contribution >= 4 is 11.6 Å². The number of nitrogens with one attached hydrogen (secondary N) is 1. The maximum Gasteiger partial charge on any atom is 0.392 e. The van der Waals surface area contributed by atoms with Crippen LogP contribution in [0.1, 0.15) is 31.5 Å². The number of rotatable bonds is 3. The number of hydrogen-bond acceptors (Lipinski definition) is 3. The van der Waals surface area contributed by atoms with E-state index in [4.69, 9.17) is 0 Å². The normalized spacial score (nSPS) is 20.6. The number of aryl methyl sites for hydroxylation is 1. The maximum absolute atomic E-state index is 13.2. The van der Waals surface area contributed by atoms with Gasteiger partial charge in [0.15, 0.2) is 0 Å². The standard InChI is InChI=1S/C19H20F3N3O/c1-12-23-10-9-17(24-12)13-5-4-6-14(11-13)25-18(26)15-7-2-3-8-16(15)19(20,21)22/h4-6,9-11,15-16H,2-3,7-8H2,1H3,(H,25,26)/t15-,16-/m1/s1. The minimum atomic E-state index is -4.34. The Bertz CT molecular complexity index is 792. The number of halogens is 3. The topological polar surface area (TPSA) is 54.9 Å². The van der Waals surface area contributed by atoms with E-state index in [1.807, 2.05) is 6.07 Å². The van der Waals surface area contributed by atoms with Crippen LogP contribution in [0.3, 0.4) is 0 Å². The Balaban J connectivity index is 1.78. The first-order valence-corrected chi connectivity index (χ1v) is 8.62. The van der Waals surface area contributed by atoms with E-state index in [2.05, 4.69) is 15.3 Å². The Morgan fingerprint density at radius 2 is 1.96 bits per heavy atom. The van der Waals surface area contributed by atoms with E-state index in [-0.39, 0.29) is 12.8 Å². The van der Waals surface area contributed by atoms with Gasteiger partial charge in [0.2, 0.25) is 5.91 Å². The molecule has 1 heterocycles. The van der Waals surface area contributed by atoms with Gasteiger partial charge in [0.25, 0.3) is 0 Å². The molecule has 3 rings (SSSR count). The molecule has 1 aliphatic rings. The van der Waals surface area contributed by atoms with Crippen LogP contribution in [-0.2, 0) is 4.79 Å². The van der Waals surface area contributed by atoms with Crippen LogP contribution in [-0.4, -0.2) is 22.1 Å². The van der Waals surface area contributed by atoms with Gasteiger partial charge in [-0.15, -0.1) is 0 Å². The van der Waals surface area contributed by atoms with Crippen molar-refractivity contribution in [2.45, 2.75) is 38.8 Å². The molecule has 0 bridgehead atoms. The molecule has 1 aromatic heterocycles. The molecule has 138 valence electrons. The van der Waals surface area contributed by atoms with Crippen LogP contribution in [0.2, 0.25) is 0 Å². The zero-order valence-corrected chi connectivity index (χ0v) is 14.4. The molecule has 0 spiro atoms. The van der Waals surface area contributed by atoms with Crippen molar-refractivity contribution in [1.29, 1.82) is 0 Å². The molecule has 0 aliphatic heterocycles. The van der Waals surface area contributed by atoms with Gasteiger partial charge in [-0.2, -0.15) is 13.2 Å². The lowest BCUT2D eigenvalue weighted by Gasteiger charge is -2.32. The van der Waals surface area contributed by atoms with Crippen molar-refractivity contribution in [2.75, 3.05) is 5.32 Å². The number of carbonyl (C=O) groups excluding carboxylic acids is 1. The van der Waals surface area contributed by atoms with E-state index in [0.717, 1.165) is 5.56 Å². The highest BCUT2D eigenvalue weighted by atomic mass is 19.4. The van der Waals surface area contributed by atoms with Crippen LogP contribution in [0.25, 0.3) is 11.3 Å². The number of amides is 1. The number of benzene rings is 1. The second-order valence-corrected chi connectivity index (χ2v) is 6.60. The molecule has 4 nitrogen and oxygen atoms in total. The van der Waals surface area contributed by atoms with E-state index < -0.39 is 23.9 Å². The summed E-state index contributed by atoms with van der Waals surface area (Å²) in [5.74, 6) is -2.55. The lowest BCUT2D eigenvalue weighted by atomic mass is 9.78. The van der Waals surface area contributed by atoms with Gasteiger partial charge in [-0.1, -0.05) is 25.0 Å². The highest BCUT2D eigenvalue weighted by molar-refractivity contribution is 5.93. The minimum absolute atomic E-state index is 0.0157. The summed E-state index contributed by atoms with van der Waals surface area (Å²) in [6.07, 6.45) is -1.27. The van der Waals surface area contributed by atoms with Gasteiger partial charge in [0.1, 0.15) is 5.82 Å². The van der Waals surface area contributed by atoms with Crippen molar-refractivity contribution in [3.8, 4) is 11.3 Å². The fraction of sp³-hybridized carbons (Fsp3) is 0.421. The van der Waals surface area contributed by atoms with Gasteiger partial charge in [-0.25, -0.2) is 9.97 Å². The molecule has 0 saturated heterocycles. The molecule has 26 heavy (non-hydrogen) atoms. The molecule has 2 atom stereocenters. The van der Waals surface area contributed by atoms with Crippen LogP contribution >= 0.6 is 0 Å². The molecule has 1 aliphatic carbocycles. The Morgan fingerprint density at radius 1 is 1.19 bits per heavy atom. The Labute approximate surface area is 149 Å². The van der Waals surface area contributed by atoms with E-state index in [1.165, 1.54) is 0 Å². The molecule has 2 aromatic rings. The number of aromatic nitrogens is 2. The summed E-state index contributed by atoms with van der Waals surface area (Å²) in [6.45, 7) is 1.77. The van der Waals surface area contributed by atoms with Crippen molar-refractivity contribution < 1.29 is 18.0 Å². The molecule has 1 N–H and O–H groups in total. The molecule has 7 heteroatoms. The van der Waals surface area contributed by atoms with Crippen molar-refractivity contribution in [1.82, 2.24) is 9.97 Å². The van der Waals surface area contributed by atoms with Crippen molar-refractivity contribution in [3.63, 3.8) is 0 Å². The third kappa shape index (κ3) is 4.20. The Kier molecular flexibility index (Phi) is 5.25. The molecule has 1 aromatic carbocycles. The predicted molar refractivity (Wildman–Crippen MR) is 92.3 cm³/mol. The molecule has 1 fully saturated rings. The summed E-state index contributed by atoms with van der Waals surface area (Å²) >= 11 is 0. The van der Waals surface area contributed by atoms with Gasteiger partial charge < -0.3 is 5.32 Å². The van der Waals surface area contributed by atoms with Crippen LogP contribution < -0.4 is 5.32 Å². The zero-order valence-electron chi connectivity index (χ0n) is 14.4. The van der Waals surface area contributed by atoms with Gasteiger partial charge in [0, 0.05) is 23.4 Å². The molecule has 1 saturated carbocycles. The van der Waals surface area contributed by atoms with Gasteiger partial charge in [0.05, 0.1) is 11.6 Å². The maximum atomic E-state index is 13.2. The summed E-state index contributed by atoms with van der Waals surface area (Å²) in [6, 6.07) is 8.70.